The van der Waals surface area contributed by atoms with Gasteiger partial charge >= 0.3 is 6.03 Å². The first kappa shape index (κ1) is 14.1. The van der Waals surface area contributed by atoms with E-state index in [2.05, 4.69) is 25.8 Å². The first-order chi connectivity index (χ1) is 11.2. The summed E-state index contributed by atoms with van der Waals surface area (Å²) in [6.07, 6.45) is 4.06. The zero-order valence-corrected chi connectivity index (χ0v) is 13.4. The number of thiazole rings is 1. The van der Waals surface area contributed by atoms with Crippen molar-refractivity contribution in [3.8, 4) is 0 Å². The molecule has 1 saturated carbocycles. The fraction of sp³-hybridized carbons (Fsp3) is 0.333. The Labute approximate surface area is 136 Å². The maximum atomic E-state index is 12.4. The smallest absolute Gasteiger partial charge is 0.322 e. The van der Waals surface area contributed by atoms with Gasteiger partial charge in [0.25, 0.3) is 0 Å². The Morgan fingerprint density at radius 2 is 2.26 bits per heavy atom. The number of anilines is 1. The SMILES string of the molecule is Cc1csc(C(NC(=O)Nc2nnc3ccccn23)C2CC2)n1. The first-order valence-electron chi connectivity index (χ1n) is 7.50. The second-order valence-corrected chi connectivity index (χ2v) is 6.58. The average molecular weight is 328 g/mol. The van der Waals surface area contributed by atoms with Gasteiger partial charge < -0.3 is 5.32 Å². The van der Waals surface area contributed by atoms with E-state index in [1.165, 1.54) is 0 Å². The molecule has 1 fully saturated rings. The number of fused-ring (bicyclic) bond motifs is 1. The molecule has 3 heterocycles. The van der Waals surface area contributed by atoms with Gasteiger partial charge in [-0.25, -0.2) is 9.78 Å². The first-order valence-corrected chi connectivity index (χ1v) is 8.38. The van der Waals surface area contributed by atoms with Crippen LogP contribution in [0.1, 0.15) is 29.6 Å². The van der Waals surface area contributed by atoms with Crippen LogP contribution >= 0.6 is 11.3 Å². The summed E-state index contributed by atoms with van der Waals surface area (Å²) in [6, 6.07) is 5.26. The van der Waals surface area contributed by atoms with Crippen LogP contribution in [0.25, 0.3) is 5.65 Å². The van der Waals surface area contributed by atoms with E-state index < -0.39 is 0 Å². The summed E-state index contributed by atoms with van der Waals surface area (Å²) < 4.78 is 1.74. The zero-order chi connectivity index (χ0) is 15.8. The molecule has 23 heavy (non-hydrogen) atoms. The van der Waals surface area contributed by atoms with Gasteiger partial charge in [-0.15, -0.1) is 21.5 Å². The number of amides is 2. The minimum Gasteiger partial charge on any atom is -0.328 e. The van der Waals surface area contributed by atoms with E-state index in [9.17, 15) is 4.79 Å². The van der Waals surface area contributed by atoms with Crippen LogP contribution in [0.2, 0.25) is 0 Å². The predicted octanol–water partition coefficient (Wildman–Crippen LogP) is 2.77. The Kier molecular flexibility index (Phi) is 3.45. The quantitative estimate of drug-likeness (QED) is 0.771. The van der Waals surface area contributed by atoms with Crippen LogP contribution in [0, 0.1) is 12.8 Å². The van der Waals surface area contributed by atoms with Crippen LogP contribution in [0.15, 0.2) is 29.8 Å². The van der Waals surface area contributed by atoms with E-state index in [-0.39, 0.29) is 12.1 Å². The highest BCUT2D eigenvalue weighted by Gasteiger charge is 2.35. The van der Waals surface area contributed by atoms with Crippen molar-refractivity contribution in [2.75, 3.05) is 5.32 Å². The minimum absolute atomic E-state index is 0.0344. The third-order valence-corrected chi connectivity index (χ3v) is 4.87. The molecule has 118 valence electrons. The van der Waals surface area contributed by atoms with E-state index in [0.29, 0.717) is 17.5 Å². The summed E-state index contributed by atoms with van der Waals surface area (Å²) >= 11 is 1.59. The summed E-state index contributed by atoms with van der Waals surface area (Å²) in [4.78, 5) is 16.9. The van der Waals surface area contributed by atoms with Crippen molar-refractivity contribution in [2.24, 2.45) is 5.92 Å². The number of pyridine rings is 1. The highest BCUT2D eigenvalue weighted by atomic mass is 32.1. The third kappa shape index (κ3) is 2.89. The number of hydrogen-bond acceptors (Lipinski definition) is 5. The van der Waals surface area contributed by atoms with Crippen LogP contribution in [-0.4, -0.2) is 25.6 Å². The van der Waals surface area contributed by atoms with Gasteiger partial charge in [0.15, 0.2) is 5.65 Å². The highest BCUT2D eigenvalue weighted by Crippen LogP contribution is 2.41. The fourth-order valence-corrected chi connectivity index (χ4v) is 3.47. The van der Waals surface area contributed by atoms with Crippen LogP contribution in [0.5, 0.6) is 0 Å². The van der Waals surface area contributed by atoms with Crippen molar-refractivity contribution in [3.05, 3.63) is 40.5 Å². The molecule has 0 saturated heterocycles. The summed E-state index contributed by atoms with van der Waals surface area (Å²) in [7, 11) is 0. The van der Waals surface area contributed by atoms with Crippen molar-refractivity contribution >= 4 is 29.0 Å². The number of rotatable bonds is 4. The molecule has 0 radical (unpaired) electrons. The molecule has 2 amide bonds. The zero-order valence-electron chi connectivity index (χ0n) is 12.6. The molecule has 0 bridgehead atoms. The Hall–Kier alpha value is -2.48. The predicted molar refractivity (Wildman–Crippen MR) is 87.5 cm³/mol. The van der Waals surface area contributed by atoms with E-state index in [1.54, 1.807) is 15.7 Å². The molecule has 3 aromatic rings. The molecule has 4 rings (SSSR count). The van der Waals surface area contributed by atoms with Gasteiger partial charge in [0.2, 0.25) is 5.95 Å². The summed E-state index contributed by atoms with van der Waals surface area (Å²) in [6.45, 7) is 1.96. The molecule has 1 unspecified atom stereocenters. The molecule has 8 heteroatoms. The number of urea groups is 1. The van der Waals surface area contributed by atoms with E-state index >= 15 is 0 Å². The maximum absolute atomic E-state index is 12.4. The molecular weight excluding hydrogens is 312 g/mol. The minimum atomic E-state index is -0.284. The molecule has 0 aromatic carbocycles. The Morgan fingerprint density at radius 1 is 1.39 bits per heavy atom. The molecule has 0 aliphatic heterocycles. The highest BCUT2D eigenvalue weighted by molar-refractivity contribution is 7.09. The lowest BCUT2D eigenvalue weighted by Gasteiger charge is -2.15. The molecular formula is C15H16N6OS. The summed E-state index contributed by atoms with van der Waals surface area (Å²) in [5, 5.41) is 16.8. The van der Waals surface area contributed by atoms with Gasteiger partial charge in [-0.2, -0.15) is 0 Å². The molecule has 0 spiro atoms. The van der Waals surface area contributed by atoms with Gasteiger partial charge in [0, 0.05) is 17.3 Å². The van der Waals surface area contributed by atoms with Crippen LogP contribution < -0.4 is 10.6 Å². The van der Waals surface area contributed by atoms with Crippen LogP contribution in [-0.2, 0) is 0 Å². The lowest BCUT2D eigenvalue weighted by Crippen LogP contribution is -2.34. The Bertz CT molecular complexity index is 852. The lowest BCUT2D eigenvalue weighted by atomic mass is 10.2. The van der Waals surface area contributed by atoms with Crippen LogP contribution in [0.4, 0.5) is 10.7 Å². The number of carbonyl (C=O) groups excluding carboxylic acids is 1. The van der Waals surface area contributed by atoms with Crippen molar-refractivity contribution in [1.29, 1.82) is 0 Å². The van der Waals surface area contributed by atoms with Crippen molar-refractivity contribution < 1.29 is 4.79 Å². The molecule has 2 N–H and O–H groups in total. The largest absolute Gasteiger partial charge is 0.328 e. The van der Waals surface area contributed by atoms with Gasteiger partial charge in [-0.05, 0) is 37.8 Å². The standard InChI is InChI=1S/C15H16N6OS/c1-9-8-23-13(16-9)12(10-5-6-10)17-15(22)18-14-20-19-11-4-2-3-7-21(11)14/h2-4,7-8,10,12H,5-6H2,1H3,(H2,17,18,20,22). The van der Waals surface area contributed by atoms with E-state index in [0.717, 1.165) is 23.5 Å². The number of nitrogens with one attached hydrogen (secondary N) is 2. The number of aryl methyl sites for hydroxylation is 1. The van der Waals surface area contributed by atoms with Gasteiger partial charge in [0.05, 0.1) is 6.04 Å². The molecule has 1 aliphatic rings. The second-order valence-electron chi connectivity index (χ2n) is 5.69. The molecule has 3 aromatic heterocycles. The van der Waals surface area contributed by atoms with Crippen molar-refractivity contribution in [3.63, 3.8) is 0 Å². The number of nitrogens with zero attached hydrogens (tertiary/aromatic N) is 4. The molecule has 1 atom stereocenters. The average Bonchev–Trinajstić information content (AvgIpc) is 3.18. The van der Waals surface area contributed by atoms with Crippen molar-refractivity contribution in [2.45, 2.75) is 25.8 Å². The van der Waals surface area contributed by atoms with Gasteiger partial charge in [-0.1, -0.05) is 6.07 Å². The Morgan fingerprint density at radius 3 is 3.00 bits per heavy atom. The lowest BCUT2D eigenvalue weighted by molar-refractivity contribution is 0.247. The number of carbonyl (C=O) groups is 1. The monoisotopic (exact) mass is 328 g/mol. The van der Waals surface area contributed by atoms with E-state index in [1.807, 2.05) is 36.7 Å². The Balaban J connectivity index is 1.50. The number of hydrogen-bond donors (Lipinski definition) is 2. The second kappa shape index (κ2) is 5.62. The summed E-state index contributed by atoms with van der Waals surface area (Å²) in [5.41, 5.74) is 1.68. The van der Waals surface area contributed by atoms with E-state index in [4.69, 9.17) is 0 Å². The normalized spacial score (nSPS) is 15.5. The third-order valence-electron chi connectivity index (χ3n) is 3.82. The maximum Gasteiger partial charge on any atom is 0.322 e. The van der Waals surface area contributed by atoms with Gasteiger partial charge in [-0.3, -0.25) is 9.72 Å². The molecule has 1 aliphatic carbocycles. The summed E-state index contributed by atoms with van der Waals surface area (Å²) in [5.74, 6) is 0.879. The van der Waals surface area contributed by atoms with Crippen molar-refractivity contribution in [1.82, 2.24) is 24.9 Å². The number of aromatic nitrogens is 4. The topological polar surface area (TPSA) is 84.2 Å². The van der Waals surface area contributed by atoms with Gasteiger partial charge in [0.1, 0.15) is 5.01 Å². The molecule has 7 nitrogen and oxygen atoms in total. The fourth-order valence-electron chi connectivity index (χ4n) is 2.53. The van der Waals surface area contributed by atoms with Crippen LogP contribution in [0.3, 0.4) is 0 Å².